The third-order valence-electron chi connectivity index (χ3n) is 3.19. The molecule has 2 aromatic rings. The van der Waals surface area contributed by atoms with Crippen molar-refractivity contribution < 1.29 is 9.53 Å². The SMILES string of the molecule is CCCCCn1ccc2cc(C(=O)OC)ccc21. The van der Waals surface area contributed by atoms with E-state index >= 15 is 0 Å². The van der Waals surface area contributed by atoms with Crippen LogP contribution >= 0.6 is 0 Å². The van der Waals surface area contributed by atoms with Crippen molar-refractivity contribution in [2.75, 3.05) is 7.11 Å². The number of ether oxygens (including phenoxy) is 1. The van der Waals surface area contributed by atoms with Crippen molar-refractivity contribution in [2.45, 2.75) is 32.7 Å². The average molecular weight is 245 g/mol. The van der Waals surface area contributed by atoms with Crippen molar-refractivity contribution in [3.8, 4) is 0 Å². The van der Waals surface area contributed by atoms with Crippen molar-refractivity contribution in [2.24, 2.45) is 0 Å². The lowest BCUT2D eigenvalue weighted by molar-refractivity contribution is 0.0601. The van der Waals surface area contributed by atoms with Gasteiger partial charge in [0.25, 0.3) is 0 Å². The molecule has 1 aromatic carbocycles. The summed E-state index contributed by atoms with van der Waals surface area (Å²) in [7, 11) is 1.41. The number of benzene rings is 1. The Balaban J connectivity index is 2.23. The number of nitrogens with zero attached hydrogens (tertiary/aromatic N) is 1. The molecule has 0 radical (unpaired) electrons. The second-order valence-corrected chi connectivity index (χ2v) is 4.48. The monoisotopic (exact) mass is 245 g/mol. The van der Waals surface area contributed by atoms with Gasteiger partial charge in [0.1, 0.15) is 0 Å². The summed E-state index contributed by atoms with van der Waals surface area (Å²) in [5.41, 5.74) is 1.79. The van der Waals surface area contributed by atoms with E-state index in [1.807, 2.05) is 24.3 Å². The smallest absolute Gasteiger partial charge is 0.337 e. The fourth-order valence-electron chi connectivity index (χ4n) is 2.17. The molecule has 0 N–H and O–H groups in total. The molecule has 1 heterocycles. The summed E-state index contributed by atoms with van der Waals surface area (Å²) in [5.74, 6) is -0.282. The lowest BCUT2D eigenvalue weighted by Gasteiger charge is -2.05. The molecule has 0 aliphatic carbocycles. The van der Waals surface area contributed by atoms with Crippen molar-refractivity contribution >= 4 is 16.9 Å². The van der Waals surface area contributed by atoms with Crippen molar-refractivity contribution in [1.82, 2.24) is 4.57 Å². The zero-order valence-electron chi connectivity index (χ0n) is 11.0. The van der Waals surface area contributed by atoms with E-state index in [1.54, 1.807) is 0 Å². The predicted octanol–water partition coefficient (Wildman–Crippen LogP) is 3.62. The van der Waals surface area contributed by atoms with Gasteiger partial charge in [-0.15, -0.1) is 0 Å². The van der Waals surface area contributed by atoms with Crippen LogP contribution in [0.5, 0.6) is 0 Å². The molecule has 0 saturated carbocycles. The number of fused-ring (bicyclic) bond motifs is 1. The summed E-state index contributed by atoms with van der Waals surface area (Å²) in [6, 6.07) is 7.75. The summed E-state index contributed by atoms with van der Waals surface area (Å²) < 4.78 is 6.97. The highest BCUT2D eigenvalue weighted by atomic mass is 16.5. The summed E-state index contributed by atoms with van der Waals surface area (Å²) in [6.45, 7) is 3.24. The summed E-state index contributed by atoms with van der Waals surface area (Å²) in [5, 5.41) is 1.09. The van der Waals surface area contributed by atoms with Gasteiger partial charge in [0.05, 0.1) is 12.7 Å². The third-order valence-corrected chi connectivity index (χ3v) is 3.19. The van der Waals surface area contributed by atoms with E-state index in [0.29, 0.717) is 5.56 Å². The van der Waals surface area contributed by atoms with Gasteiger partial charge in [0.15, 0.2) is 0 Å². The number of rotatable bonds is 5. The molecular weight excluding hydrogens is 226 g/mol. The van der Waals surface area contributed by atoms with Crippen LogP contribution < -0.4 is 0 Å². The van der Waals surface area contributed by atoms with Gasteiger partial charge in [-0.2, -0.15) is 0 Å². The van der Waals surface area contributed by atoms with Crippen LogP contribution in [0.1, 0.15) is 36.5 Å². The topological polar surface area (TPSA) is 31.2 Å². The number of methoxy groups -OCH3 is 1. The second kappa shape index (κ2) is 5.71. The van der Waals surface area contributed by atoms with Gasteiger partial charge < -0.3 is 9.30 Å². The van der Waals surface area contributed by atoms with Crippen LogP contribution in [-0.2, 0) is 11.3 Å². The minimum Gasteiger partial charge on any atom is -0.465 e. The van der Waals surface area contributed by atoms with Crippen molar-refractivity contribution in [3.63, 3.8) is 0 Å². The summed E-state index contributed by atoms with van der Waals surface area (Å²) in [6.07, 6.45) is 5.76. The number of carbonyl (C=O) groups is 1. The Morgan fingerprint density at radius 2 is 2.11 bits per heavy atom. The minimum atomic E-state index is -0.282. The van der Waals surface area contributed by atoms with Crippen LogP contribution in [0.4, 0.5) is 0 Å². The van der Waals surface area contributed by atoms with Gasteiger partial charge in [0, 0.05) is 23.6 Å². The number of aromatic nitrogens is 1. The van der Waals surface area contributed by atoms with Gasteiger partial charge in [-0.3, -0.25) is 0 Å². The van der Waals surface area contributed by atoms with Gasteiger partial charge in [-0.1, -0.05) is 19.8 Å². The molecule has 0 atom stereocenters. The van der Waals surface area contributed by atoms with Crippen LogP contribution in [0.25, 0.3) is 10.9 Å². The minimum absolute atomic E-state index is 0.282. The molecular formula is C15H19NO2. The van der Waals surface area contributed by atoms with E-state index in [4.69, 9.17) is 4.74 Å². The molecule has 0 bridgehead atoms. The van der Waals surface area contributed by atoms with Gasteiger partial charge >= 0.3 is 5.97 Å². The molecule has 1 aromatic heterocycles. The first-order valence-electron chi connectivity index (χ1n) is 6.43. The fraction of sp³-hybridized carbons (Fsp3) is 0.400. The molecule has 0 spiro atoms. The second-order valence-electron chi connectivity index (χ2n) is 4.48. The van der Waals surface area contributed by atoms with Crippen LogP contribution in [0.2, 0.25) is 0 Å². The van der Waals surface area contributed by atoms with Crippen molar-refractivity contribution in [3.05, 3.63) is 36.0 Å². The lowest BCUT2D eigenvalue weighted by atomic mass is 10.1. The number of aryl methyl sites for hydroxylation is 1. The number of hydrogen-bond donors (Lipinski definition) is 0. The van der Waals surface area contributed by atoms with Crippen LogP contribution in [0.3, 0.4) is 0 Å². The van der Waals surface area contributed by atoms with Gasteiger partial charge in [0.2, 0.25) is 0 Å². The highest BCUT2D eigenvalue weighted by Gasteiger charge is 2.07. The molecule has 0 aliphatic rings. The Morgan fingerprint density at radius 1 is 1.28 bits per heavy atom. The normalized spacial score (nSPS) is 10.8. The standard InChI is InChI=1S/C15H19NO2/c1-3-4-5-9-16-10-8-12-11-13(15(17)18-2)6-7-14(12)16/h6-8,10-11H,3-5,9H2,1-2H3. The zero-order chi connectivity index (χ0) is 13.0. The Kier molecular flexibility index (Phi) is 4.03. The van der Waals surface area contributed by atoms with Gasteiger partial charge in [-0.05, 0) is 30.7 Å². The highest BCUT2D eigenvalue weighted by Crippen LogP contribution is 2.19. The van der Waals surface area contributed by atoms with E-state index < -0.39 is 0 Å². The Morgan fingerprint density at radius 3 is 2.83 bits per heavy atom. The maximum atomic E-state index is 11.4. The first-order valence-corrected chi connectivity index (χ1v) is 6.43. The van der Waals surface area contributed by atoms with E-state index in [9.17, 15) is 4.79 Å². The molecule has 2 rings (SSSR count). The maximum Gasteiger partial charge on any atom is 0.337 e. The molecule has 3 nitrogen and oxygen atoms in total. The van der Waals surface area contributed by atoms with E-state index in [1.165, 1.54) is 31.9 Å². The summed E-state index contributed by atoms with van der Waals surface area (Å²) >= 11 is 0. The van der Waals surface area contributed by atoms with Crippen LogP contribution in [-0.4, -0.2) is 17.6 Å². The number of carbonyl (C=O) groups excluding carboxylic acids is 1. The third kappa shape index (κ3) is 2.55. The average Bonchev–Trinajstić information content (AvgIpc) is 2.80. The molecule has 0 aliphatic heterocycles. The van der Waals surface area contributed by atoms with E-state index in [-0.39, 0.29) is 5.97 Å². The summed E-state index contributed by atoms with van der Waals surface area (Å²) in [4.78, 5) is 11.4. The molecule has 3 heteroatoms. The molecule has 0 fully saturated rings. The molecule has 0 saturated heterocycles. The van der Waals surface area contributed by atoms with Crippen LogP contribution in [0, 0.1) is 0 Å². The van der Waals surface area contributed by atoms with E-state index in [0.717, 1.165) is 11.9 Å². The fourth-order valence-corrected chi connectivity index (χ4v) is 2.17. The van der Waals surface area contributed by atoms with Crippen molar-refractivity contribution in [1.29, 1.82) is 0 Å². The maximum absolute atomic E-state index is 11.4. The number of esters is 1. The number of hydrogen-bond acceptors (Lipinski definition) is 2. The molecule has 18 heavy (non-hydrogen) atoms. The van der Waals surface area contributed by atoms with Gasteiger partial charge in [-0.25, -0.2) is 4.79 Å². The molecule has 0 unspecified atom stereocenters. The Labute approximate surface area is 107 Å². The van der Waals surface area contributed by atoms with Crippen LogP contribution in [0.15, 0.2) is 30.5 Å². The first kappa shape index (κ1) is 12.7. The largest absolute Gasteiger partial charge is 0.465 e. The molecule has 96 valence electrons. The Bertz CT molecular complexity index is 542. The number of unbranched alkanes of at least 4 members (excludes halogenated alkanes) is 2. The predicted molar refractivity (Wildman–Crippen MR) is 72.8 cm³/mol. The zero-order valence-corrected chi connectivity index (χ0v) is 11.0. The van der Waals surface area contributed by atoms with E-state index in [2.05, 4.69) is 17.7 Å². The quantitative estimate of drug-likeness (QED) is 0.595. The molecule has 0 amide bonds. The first-order chi connectivity index (χ1) is 8.76. The lowest BCUT2D eigenvalue weighted by Crippen LogP contribution is -2.01. The Hall–Kier alpha value is -1.77. The highest BCUT2D eigenvalue weighted by molar-refractivity contribution is 5.94.